The van der Waals surface area contributed by atoms with Crippen LogP contribution in [0.25, 0.3) is 0 Å². The van der Waals surface area contributed by atoms with Crippen molar-refractivity contribution >= 4 is 17.6 Å². The standard InChI is InChI=1S/C10H12ClNO2/c1-14-10(13)9(12-7-11)8-5-3-2-4-6-8/h2-6,9,12H,7H2,1H3/t9-/m0/s1. The molecule has 0 unspecified atom stereocenters. The Morgan fingerprint density at radius 2 is 2.14 bits per heavy atom. The van der Waals surface area contributed by atoms with Crippen molar-refractivity contribution in [1.82, 2.24) is 5.32 Å². The number of hydrogen-bond acceptors (Lipinski definition) is 3. The number of benzene rings is 1. The summed E-state index contributed by atoms with van der Waals surface area (Å²) < 4.78 is 4.66. The molecule has 1 aromatic rings. The Labute approximate surface area is 88.0 Å². The fourth-order valence-corrected chi connectivity index (χ4v) is 1.33. The molecule has 0 amide bonds. The van der Waals surface area contributed by atoms with Crippen LogP contribution in [0.2, 0.25) is 0 Å². The molecule has 3 nitrogen and oxygen atoms in total. The third-order valence-electron chi connectivity index (χ3n) is 1.85. The van der Waals surface area contributed by atoms with Crippen LogP contribution in [0.3, 0.4) is 0 Å². The maximum Gasteiger partial charge on any atom is 0.327 e. The minimum Gasteiger partial charge on any atom is -0.468 e. The second-order valence-electron chi connectivity index (χ2n) is 2.70. The minimum absolute atomic E-state index is 0.203. The molecule has 0 aliphatic rings. The highest BCUT2D eigenvalue weighted by molar-refractivity contribution is 6.17. The van der Waals surface area contributed by atoms with Crippen LogP contribution in [0.5, 0.6) is 0 Å². The van der Waals surface area contributed by atoms with Crippen LogP contribution in [0.1, 0.15) is 11.6 Å². The molecular weight excluding hydrogens is 202 g/mol. The average Bonchev–Trinajstić information content (AvgIpc) is 2.26. The molecule has 1 aromatic carbocycles. The Morgan fingerprint density at radius 3 is 2.64 bits per heavy atom. The van der Waals surface area contributed by atoms with E-state index >= 15 is 0 Å². The van der Waals surface area contributed by atoms with Gasteiger partial charge in [-0.2, -0.15) is 0 Å². The Balaban J connectivity index is 2.83. The first-order valence-electron chi connectivity index (χ1n) is 4.21. The Hall–Kier alpha value is -1.06. The molecule has 0 aliphatic heterocycles. The van der Waals surface area contributed by atoms with E-state index in [1.807, 2.05) is 30.3 Å². The number of esters is 1. The molecule has 0 aromatic heterocycles. The van der Waals surface area contributed by atoms with Gasteiger partial charge in [-0.3, -0.25) is 5.32 Å². The van der Waals surface area contributed by atoms with Gasteiger partial charge in [-0.15, -0.1) is 11.6 Å². The zero-order valence-corrected chi connectivity index (χ0v) is 8.62. The van der Waals surface area contributed by atoms with Crippen LogP contribution < -0.4 is 5.32 Å². The van der Waals surface area contributed by atoms with Crippen molar-refractivity contribution in [2.75, 3.05) is 13.1 Å². The number of carbonyl (C=O) groups is 1. The number of rotatable bonds is 4. The quantitative estimate of drug-likeness (QED) is 0.470. The summed E-state index contributed by atoms with van der Waals surface area (Å²) in [6, 6.07) is 9.02. The van der Waals surface area contributed by atoms with Crippen LogP contribution in [0, 0.1) is 0 Å². The van der Waals surface area contributed by atoms with Gasteiger partial charge in [0, 0.05) is 0 Å². The zero-order chi connectivity index (χ0) is 10.4. The molecule has 14 heavy (non-hydrogen) atoms. The Bertz CT molecular complexity index is 289. The number of alkyl halides is 1. The third-order valence-corrected chi connectivity index (χ3v) is 2.01. The summed E-state index contributed by atoms with van der Waals surface area (Å²) in [6.45, 7) is 0. The van der Waals surface area contributed by atoms with Crippen LogP contribution in [-0.4, -0.2) is 19.1 Å². The van der Waals surface area contributed by atoms with E-state index in [9.17, 15) is 4.79 Å². The molecule has 1 atom stereocenters. The van der Waals surface area contributed by atoms with E-state index in [1.165, 1.54) is 7.11 Å². The SMILES string of the molecule is COC(=O)[C@@H](NCCl)c1ccccc1. The van der Waals surface area contributed by atoms with Crippen LogP contribution in [-0.2, 0) is 9.53 Å². The predicted octanol–water partition coefficient (Wildman–Crippen LogP) is 1.69. The van der Waals surface area contributed by atoms with E-state index in [-0.39, 0.29) is 12.0 Å². The molecule has 4 heteroatoms. The van der Waals surface area contributed by atoms with Gasteiger partial charge in [-0.1, -0.05) is 30.3 Å². The van der Waals surface area contributed by atoms with Gasteiger partial charge in [0.05, 0.1) is 13.1 Å². The van der Waals surface area contributed by atoms with E-state index in [4.69, 9.17) is 11.6 Å². The van der Waals surface area contributed by atoms with Gasteiger partial charge in [0.25, 0.3) is 0 Å². The second-order valence-corrected chi connectivity index (χ2v) is 2.97. The van der Waals surface area contributed by atoms with Crippen molar-refractivity contribution in [2.24, 2.45) is 0 Å². The van der Waals surface area contributed by atoms with Gasteiger partial charge in [0.1, 0.15) is 6.04 Å². The molecular formula is C10H12ClNO2. The number of ether oxygens (including phenoxy) is 1. The smallest absolute Gasteiger partial charge is 0.327 e. The summed E-state index contributed by atoms with van der Waals surface area (Å²) in [5.74, 6) is -0.336. The maximum absolute atomic E-state index is 11.4. The van der Waals surface area contributed by atoms with E-state index in [0.29, 0.717) is 0 Å². The predicted molar refractivity (Wildman–Crippen MR) is 55.1 cm³/mol. The van der Waals surface area contributed by atoms with Crippen molar-refractivity contribution in [3.63, 3.8) is 0 Å². The second kappa shape index (κ2) is 5.62. The van der Waals surface area contributed by atoms with E-state index < -0.39 is 6.04 Å². The largest absolute Gasteiger partial charge is 0.468 e. The topological polar surface area (TPSA) is 38.3 Å². The molecule has 0 saturated carbocycles. The van der Waals surface area contributed by atoms with Gasteiger partial charge >= 0.3 is 5.97 Å². The Kier molecular flexibility index (Phi) is 4.43. The number of carbonyl (C=O) groups excluding carboxylic acids is 1. The maximum atomic E-state index is 11.4. The summed E-state index contributed by atoms with van der Waals surface area (Å²) in [5, 5.41) is 2.84. The zero-order valence-electron chi connectivity index (χ0n) is 7.87. The summed E-state index contributed by atoms with van der Waals surface area (Å²) in [4.78, 5) is 11.4. The molecule has 1 rings (SSSR count). The van der Waals surface area contributed by atoms with Gasteiger partial charge in [0.2, 0.25) is 0 Å². The highest BCUT2D eigenvalue weighted by Crippen LogP contribution is 2.13. The first-order valence-corrected chi connectivity index (χ1v) is 4.75. The van der Waals surface area contributed by atoms with Crippen molar-refractivity contribution in [1.29, 1.82) is 0 Å². The average molecular weight is 214 g/mol. The lowest BCUT2D eigenvalue weighted by molar-refractivity contribution is -0.143. The molecule has 0 bridgehead atoms. The molecule has 0 radical (unpaired) electrons. The summed E-state index contributed by atoms with van der Waals surface area (Å²) in [6.07, 6.45) is 0. The normalized spacial score (nSPS) is 12.1. The molecule has 1 N–H and O–H groups in total. The van der Waals surface area contributed by atoms with E-state index in [0.717, 1.165) is 5.56 Å². The van der Waals surface area contributed by atoms with Crippen molar-refractivity contribution in [3.05, 3.63) is 35.9 Å². The number of halogens is 1. The van der Waals surface area contributed by atoms with Crippen molar-refractivity contribution < 1.29 is 9.53 Å². The monoisotopic (exact) mass is 213 g/mol. The van der Waals surface area contributed by atoms with Crippen LogP contribution in [0.15, 0.2) is 30.3 Å². The number of nitrogens with one attached hydrogen (secondary N) is 1. The fraction of sp³-hybridized carbons (Fsp3) is 0.300. The lowest BCUT2D eigenvalue weighted by Crippen LogP contribution is -2.28. The van der Waals surface area contributed by atoms with Crippen LogP contribution in [0.4, 0.5) is 0 Å². The van der Waals surface area contributed by atoms with E-state index in [1.54, 1.807) is 0 Å². The van der Waals surface area contributed by atoms with E-state index in [2.05, 4.69) is 10.1 Å². The first kappa shape index (κ1) is 11.0. The highest BCUT2D eigenvalue weighted by atomic mass is 35.5. The number of hydrogen-bond donors (Lipinski definition) is 1. The Morgan fingerprint density at radius 1 is 1.50 bits per heavy atom. The van der Waals surface area contributed by atoms with Gasteiger partial charge in [-0.25, -0.2) is 4.79 Å². The molecule has 0 fully saturated rings. The summed E-state index contributed by atoms with van der Waals surface area (Å²) >= 11 is 5.53. The van der Waals surface area contributed by atoms with Crippen molar-refractivity contribution in [3.8, 4) is 0 Å². The summed E-state index contributed by atoms with van der Waals surface area (Å²) in [5.41, 5.74) is 0.847. The van der Waals surface area contributed by atoms with Gasteiger partial charge < -0.3 is 4.74 Å². The third kappa shape index (κ3) is 2.72. The number of methoxy groups -OCH3 is 1. The molecule has 0 aliphatic carbocycles. The van der Waals surface area contributed by atoms with Crippen LogP contribution >= 0.6 is 11.6 Å². The first-order chi connectivity index (χ1) is 6.79. The molecule has 0 saturated heterocycles. The molecule has 0 heterocycles. The summed E-state index contributed by atoms with van der Waals surface area (Å²) in [7, 11) is 1.36. The molecule has 0 spiro atoms. The minimum atomic E-state index is -0.487. The fourth-order valence-electron chi connectivity index (χ4n) is 1.18. The molecule has 76 valence electrons. The highest BCUT2D eigenvalue weighted by Gasteiger charge is 2.19. The van der Waals surface area contributed by atoms with Crippen molar-refractivity contribution in [2.45, 2.75) is 6.04 Å². The van der Waals surface area contributed by atoms with Gasteiger partial charge in [0.15, 0.2) is 0 Å². The van der Waals surface area contributed by atoms with Gasteiger partial charge in [-0.05, 0) is 5.56 Å². The lowest BCUT2D eigenvalue weighted by atomic mass is 10.1. The lowest BCUT2D eigenvalue weighted by Gasteiger charge is -2.14.